The summed E-state index contributed by atoms with van der Waals surface area (Å²) in [6.45, 7) is 0.678. The minimum absolute atomic E-state index is 0.111. The molecule has 0 aromatic heterocycles. The fraction of sp³-hybridized carbons (Fsp3) is 0.529. The lowest BCUT2D eigenvalue weighted by Gasteiger charge is -2.50. The first-order chi connectivity index (χ1) is 10.5. The molecule has 1 aromatic carbocycles. The second-order valence-electron chi connectivity index (χ2n) is 6.47. The number of carboxylic acid groups (broad SMARTS) is 1. The highest BCUT2D eigenvalue weighted by Crippen LogP contribution is 2.50. The van der Waals surface area contributed by atoms with Crippen LogP contribution in [0.4, 0.5) is 0 Å². The van der Waals surface area contributed by atoms with Crippen molar-refractivity contribution in [3.8, 4) is 5.75 Å². The van der Waals surface area contributed by atoms with Crippen LogP contribution in [-0.2, 0) is 16.1 Å². The highest BCUT2D eigenvalue weighted by Gasteiger charge is 2.58. The molecule has 0 radical (unpaired) electrons. The average Bonchev–Trinajstić information content (AvgIpc) is 2.54. The van der Waals surface area contributed by atoms with Gasteiger partial charge in [0.2, 0.25) is 0 Å². The van der Waals surface area contributed by atoms with Gasteiger partial charge in [-0.1, -0.05) is 12.1 Å². The van der Waals surface area contributed by atoms with Gasteiger partial charge in [-0.15, -0.1) is 0 Å². The smallest absolute Gasteiger partial charge is 0.317 e. The third-order valence-corrected chi connectivity index (χ3v) is 5.33. The molecule has 4 rings (SSSR count). The van der Waals surface area contributed by atoms with Gasteiger partial charge in [-0.25, -0.2) is 0 Å². The van der Waals surface area contributed by atoms with Crippen molar-refractivity contribution in [3.63, 3.8) is 0 Å². The maximum Gasteiger partial charge on any atom is 0.317 e. The van der Waals surface area contributed by atoms with Gasteiger partial charge in [-0.2, -0.15) is 0 Å². The van der Waals surface area contributed by atoms with Crippen LogP contribution in [0.2, 0.25) is 0 Å². The molecular formula is C17H21NO4. The molecule has 0 saturated heterocycles. The summed E-state index contributed by atoms with van der Waals surface area (Å²) in [4.78, 5) is 23.7. The van der Waals surface area contributed by atoms with Gasteiger partial charge in [0.15, 0.2) is 5.78 Å². The van der Waals surface area contributed by atoms with E-state index in [-0.39, 0.29) is 11.3 Å². The number of aliphatic carboxylic acids is 1. The van der Waals surface area contributed by atoms with E-state index in [0.717, 1.165) is 24.2 Å². The standard InChI is InChI=1S/C17H21NO4/c1-22-13-4-2-12(3-5-13)11-18-16-6-8-17(9-7-16,15(20)21)14(19)10-16/h2-5,18H,6-11H2,1H3,(H,20,21). The summed E-state index contributed by atoms with van der Waals surface area (Å²) in [6, 6.07) is 7.82. The third-order valence-electron chi connectivity index (χ3n) is 5.33. The molecule has 3 fully saturated rings. The summed E-state index contributed by atoms with van der Waals surface area (Å²) in [5.74, 6) is -0.237. The molecule has 0 spiro atoms. The van der Waals surface area contributed by atoms with Crippen molar-refractivity contribution >= 4 is 11.8 Å². The van der Waals surface area contributed by atoms with E-state index < -0.39 is 11.4 Å². The Bertz CT molecular complexity index is 585. The van der Waals surface area contributed by atoms with Crippen molar-refractivity contribution in [2.45, 2.75) is 44.2 Å². The molecule has 0 amide bonds. The summed E-state index contributed by atoms with van der Waals surface area (Å²) in [6.07, 6.45) is 2.74. The first-order valence-corrected chi connectivity index (χ1v) is 7.64. The number of methoxy groups -OCH3 is 1. The number of hydrogen-bond donors (Lipinski definition) is 2. The SMILES string of the molecule is COc1ccc(CNC23CCC(C(=O)O)(CC2)C(=O)C3)cc1. The number of nitrogens with one attached hydrogen (secondary N) is 1. The number of fused-ring (bicyclic) bond motifs is 3. The number of rotatable bonds is 5. The fourth-order valence-corrected chi connectivity index (χ4v) is 3.69. The zero-order valence-corrected chi connectivity index (χ0v) is 12.7. The molecule has 22 heavy (non-hydrogen) atoms. The number of ketones is 1. The summed E-state index contributed by atoms with van der Waals surface area (Å²) in [7, 11) is 1.64. The molecule has 1 aromatic rings. The lowest BCUT2D eigenvalue weighted by atomic mass is 9.56. The van der Waals surface area contributed by atoms with E-state index in [1.807, 2.05) is 24.3 Å². The van der Waals surface area contributed by atoms with Crippen LogP contribution in [0.15, 0.2) is 24.3 Å². The predicted octanol–water partition coefficient (Wildman–Crippen LogP) is 2.14. The maximum absolute atomic E-state index is 12.3. The van der Waals surface area contributed by atoms with Gasteiger partial charge in [0, 0.05) is 18.5 Å². The van der Waals surface area contributed by atoms with Crippen LogP contribution in [0, 0.1) is 5.41 Å². The number of benzene rings is 1. The van der Waals surface area contributed by atoms with Gasteiger partial charge in [-0.3, -0.25) is 9.59 Å². The Kier molecular flexibility index (Phi) is 3.68. The highest BCUT2D eigenvalue weighted by molar-refractivity contribution is 6.04. The van der Waals surface area contributed by atoms with Crippen LogP contribution in [0.5, 0.6) is 5.75 Å². The summed E-state index contributed by atoms with van der Waals surface area (Å²) >= 11 is 0. The van der Waals surface area contributed by atoms with Crippen LogP contribution < -0.4 is 10.1 Å². The third kappa shape index (κ3) is 2.39. The Morgan fingerprint density at radius 3 is 2.36 bits per heavy atom. The molecular weight excluding hydrogens is 282 g/mol. The van der Waals surface area contributed by atoms with Crippen molar-refractivity contribution in [3.05, 3.63) is 29.8 Å². The predicted molar refractivity (Wildman–Crippen MR) is 80.7 cm³/mol. The largest absolute Gasteiger partial charge is 0.497 e. The van der Waals surface area contributed by atoms with Crippen molar-refractivity contribution in [2.75, 3.05) is 7.11 Å². The normalized spacial score (nSPS) is 30.3. The molecule has 0 aliphatic heterocycles. The number of ether oxygens (including phenoxy) is 1. The molecule has 3 aliphatic rings. The minimum atomic E-state index is -1.11. The number of hydrogen-bond acceptors (Lipinski definition) is 4. The zero-order valence-electron chi connectivity index (χ0n) is 12.7. The molecule has 0 atom stereocenters. The average molecular weight is 303 g/mol. The number of Topliss-reactive ketones (excluding diaryl/α,β-unsaturated/α-hetero) is 1. The fourth-order valence-electron chi connectivity index (χ4n) is 3.69. The highest BCUT2D eigenvalue weighted by atomic mass is 16.5. The van der Waals surface area contributed by atoms with Gasteiger partial charge < -0.3 is 15.2 Å². The number of carbonyl (C=O) groups is 2. The molecule has 118 valence electrons. The van der Waals surface area contributed by atoms with Crippen LogP contribution in [0.1, 0.15) is 37.7 Å². The van der Waals surface area contributed by atoms with E-state index in [0.29, 0.717) is 25.8 Å². The Labute approximate surface area is 129 Å². The molecule has 2 N–H and O–H groups in total. The van der Waals surface area contributed by atoms with Crippen molar-refractivity contribution < 1.29 is 19.4 Å². The van der Waals surface area contributed by atoms with E-state index in [1.54, 1.807) is 7.11 Å². The van der Waals surface area contributed by atoms with Crippen molar-refractivity contribution in [2.24, 2.45) is 5.41 Å². The van der Waals surface area contributed by atoms with Crippen LogP contribution in [0.3, 0.4) is 0 Å². The maximum atomic E-state index is 12.3. The lowest BCUT2D eigenvalue weighted by Crippen LogP contribution is -2.61. The Morgan fingerprint density at radius 2 is 1.86 bits per heavy atom. The van der Waals surface area contributed by atoms with Crippen LogP contribution >= 0.6 is 0 Å². The lowest BCUT2D eigenvalue weighted by molar-refractivity contribution is -0.164. The first kappa shape index (κ1) is 15.0. The molecule has 3 saturated carbocycles. The van der Waals surface area contributed by atoms with Gasteiger partial charge in [0.05, 0.1) is 7.11 Å². The van der Waals surface area contributed by atoms with Gasteiger partial charge >= 0.3 is 5.97 Å². The Hall–Kier alpha value is -1.88. The van der Waals surface area contributed by atoms with E-state index >= 15 is 0 Å². The second-order valence-corrected chi connectivity index (χ2v) is 6.47. The van der Waals surface area contributed by atoms with E-state index in [2.05, 4.69) is 5.32 Å². The second kappa shape index (κ2) is 5.39. The first-order valence-electron chi connectivity index (χ1n) is 7.64. The van der Waals surface area contributed by atoms with Crippen molar-refractivity contribution in [1.29, 1.82) is 0 Å². The summed E-state index contributed by atoms with van der Waals surface area (Å²) in [5, 5.41) is 12.9. The summed E-state index contributed by atoms with van der Waals surface area (Å²) in [5.41, 5.74) is -0.208. The van der Waals surface area contributed by atoms with Gasteiger partial charge in [0.25, 0.3) is 0 Å². The molecule has 0 unspecified atom stereocenters. The quantitative estimate of drug-likeness (QED) is 0.815. The van der Waals surface area contributed by atoms with E-state index in [1.165, 1.54) is 0 Å². The van der Waals surface area contributed by atoms with E-state index in [9.17, 15) is 14.7 Å². The monoisotopic (exact) mass is 303 g/mol. The van der Waals surface area contributed by atoms with Crippen molar-refractivity contribution in [1.82, 2.24) is 5.32 Å². The Balaban J connectivity index is 1.66. The molecule has 5 heteroatoms. The van der Waals surface area contributed by atoms with Gasteiger partial charge in [-0.05, 0) is 43.4 Å². The topological polar surface area (TPSA) is 75.6 Å². The molecule has 0 heterocycles. The molecule has 2 bridgehead atoms. The van der Waals surface area contributed by atoms with Crippen LogP contribution in [-0.4, -0.2) is 29.5 Å². The molecule has 5 nitrogen and oxygen atoms in total. The summed E-state index contributed by atoms with van der Waals surface area (Å²) < 4.78 is 5.14. The number of carboxylic acids is 1. The van der Waals surface area contributed by atoms with E-state index in [4.69, 9.17) is 4.74 Å². The zero-order chi connectivity index (χ0) is 15.8. The minimum Gasteiger partial charge on any atom is -0.497 e. The van der Waals surface area contributed by atoms with Crippen LogP contribution in [0.25, 0.3) is 0 Å². The number of carbonyl (C=O) groups excluding carboxylic acids is 1. The Morgan fingerprint density at radius 1 is 1.23 bits per heavy atom. The molecule has 3 aliphatic carbocycles. The van der Waals surface area contributed by atoms with Gasteiger partial charge in [0.1, 0.15) is 11.2 Å².